The molecule has 27 heavy (non-hydrogen) atoms. The molecule has 0 saturated heterocycles. The first-order chi connectivity index (χ1) is 12.9. The first kappa shape index (κ1) is 19.7. The number of amides is 1. The number of anilines is 1. The summed E-state index contributed by atoms with van der Waals surface area (Å²) < 4.78 is 0. The van der Waals surface area contributed by atoms with E-state index in [1.165, 1.54) is 22.9 Å². The van der Waals surface area contributed by atoms with Gasteiger partial charge in [0.2, 0.25) is 5.91 Å². The van der Waals surface area contributed by atoms with Crippen LogP contribution in [-0.4, -0.2) is 21.9 Å². The van der Waals surface area contributed by atoms with Gasteiger partial charge in [0.15, 0.2) is 0 Å². The summed E-state index contributed by atoms with van der Waals surface area (Å²) in [5.41, 5.74) is 4.90. The molecule has 1 aromatic heterocycles. The van der Waals surface area contributed by atoms with Crippen LogP contribution < -0.4 is 5.32 Å². The molecule has 0 aliphatic heterocycles. The van der Waals surface area contributed by atoms with E-state index in [1.54, 1.807) is 18.2 Å². The van der Waals surface area contributed by atoms with Crippen LogP contribution in [0.5, 0.6) is 0 Å². The van der Waals surface area contributed by atoms with E-state index < -0.39 is 0 Å². The topological polar surface area (TPSA) is 54.9 Å². The highest BCUT2D eigenvalue weighted by molar-refractivity contribution is 7.99. The second-order valence-corrected chi connectivity index (χ2v) is 7.83. The summed E-state index contributed by atoms with van der Waals surface area (Å²) in [5, 5.41) is 12.8. The SMILES string of the molecule is Cc1ccc(-c2ccc(SCC(=O)Nc3ccc(Cl)c(Cl)c3)nn2)cc1C. The molecule has 0 bridgehead atoms. The molecule has 0 aliphatic carbocycles. The fourth-order valence-electron chi connectivity index (χ4n) is 2.36. The van der Waals surface area contributed by atoms with Gasteiger partial charge in [0.05, 0.1) is 21.5 Å². The quantitative estimate of drug-likeness (QED) is 0.533. The zero-order valence-electron chi connectivity index (χ0n) is 14.8. The Morgan fingerprint density at radius 1 is 0.963 bits per heavy atom. The van der Waals surface area contributed by atoms with Gasteiger partial charge >= 0.3 is 0 Å². The number of halogens is 2. The fraction of sp³-hybridized carbons (Fsp3) is 0.150. The van der Waals surface area contributed by atoms with E-state index in [1.807, 2.05) is 18.2 Å². The van der Waals surface area contributed by atoms with Crippen LogP contribution >= 0.6 is 35.0 Å². The summed E-state index contributed by atoms with van der Waals surface area (Å²) in [6.45, 7) is 4.15. The van der Waals surface area contributed by atoms with E-state index in [2.05, 4.69) is 41.5 Å². The Balaban J connectivity index is 1.58. The summed E-state index contributed by atoms with van der Waals surface area (Å²) in [5.74, 6) is 0.0659. The van der Waals surface area contributed by atoms with Crippen LogP contribution in [-0.2, 0) is 4.79 Å². The number of carbonyl (C=O) groups excluding carboxylic acids is 1. The normalized spacial score (nSPS) is 10.7. The molecule has 0 atom stereocenters. The Morgan fingerprint density at radius 2 is 1.78 bits per heavy atom. The summed E-state index contributed by atoms with van der Waals surface area (Å²) >= 11 is 13.1. The molecule has 0 saturated carbocycles. The van der Waals surface area contributed by atoms with E-state index in [0.29, 0.717) is 20.8 Å². The number of hydrogen-bond donors (Lipinski definition) is 1. The van der Waals surface area contributed by atoms with E-state index in [-0.39, 0.29) is 11.7 Å². The fourth-order valence-corrected chi connectivity index (χ4v) is 3.27. The maximum Gasteiger partial charge on any atom is 0.234 e. The highest BCUT2D eigenvalue weighted by atomic mass is 35.5. The molecule has 1 heterocycles. The van der Waals surface area contributed by atoms with Crippen LogP contribution in [0.15, 0.2) is 53.6 Å². The number of benzene rings is 2. The van der Waals surface area contributed by atoms with Gasteiger partial charge < -0.3 is 5.32 Å². The van der Waals surface area contributed by atoms with E-state index >= 15 is 0 Å². The number of thioether (sulfide) groups is 1. The van der Waals surface area contributed by atoms with Gasteiger partial charge in [0.25, 0.3) is 0 Å². The number of nitrogens with one attached hydrogen (secondary N) is 1. The van der Waals surface area contributed by atoms with Gasteiger partial charge in [-0.05, 0) is 61.4 Å². The minimum absolute atomic E-state index is 0.154. The Bertz CT molecular complexity index is 977. The number of aryl methyl sites for hydroxylation is 2. The average molecular weight is 418 g/mol. The van der Waals surface area contributed by atoms with Crippen molar-refractivity contribution in [3.8, 4) is 11.3 Å². The molecule has 1 amide bonds. The first-order valence-electron chi connectivity index (χ1n) is 8.21. The van der Waals surface area contributed by atoms with Gasteiger partial charge in [-0.15, -0.1) is 10.2 Å². The van der Waals surface area contributed by atoms with Gasteiger partial charge in [-0.2, -0.15) is 0 Å². The molecular weight excluding hydrogens is 401 g/mol. The summed E-state index contributed by atoms with van der Waals surface area (Å²) in [4.78, 5) is 12.1. The molecule has 0 spiro atoms. The third-order valence-electron chi connectivity index (χ3n) is 4.00. The lowest BCUT2D eigenvalue weighted by atomic mass is 10.0. The Labute approximate surface area is 172 Å². The van der Waals surface area contributed by atoms with Gasteiger partial charge in [0.1, 0.15) is 5.03 Å². The van der Waals surface area contributed by atoms with Crippen molar-refractivity contribution in [1.29, 1.82) is 0 Å². The van der Waals surface area contributed by atoms with Crippen molar-refractivity contribution in [2.24, 2.45) is 0 Å². The van der Waals surface area contributed by atoms with Crippen molar-refractivity contribution in [2.75, 3.05) is 11.1 Å². The van der Waals surface area contributed by atoms with Crippen LogP contribution in [0.1, 0.15) is 11.1 Å². The van der Waals surface area contributed by atoms with Crippen LogP contribution in [0.2, 0.25) is 10.0 Å². The van der Waals surface area contributed by atoms with Crippen molar-refractivity contribution in [3.05, 3.63) is 69.7 Å². The first-order valence-corrected chi connectivity index (χ1v) is 9.95. The molecule has 0 radical (unpaired) electrons. The molecular formula is C20H17Cl2N3OS. The zero-order valence-corrected chi connectivity index (χ0v) is 17.1. The number of rotatable bonds is 5. The zero-order chi connectivity index (χ0) is 19.4. The lowest BCUT2D eigenvalue weighted by Crippen LogP contribution is -2.14. The van der Waals surface area contributed by atoms with Crippen molar-refractivity contribution in [3.63, 3.8) is 0 Å². The monoisotopic (exact) mass is 417 g/mol. The lowest BCUT2D eigenvalue weighted by molar-refractivity contribution is -0.113. The molecule has 0 unspecified atom stereocenters. The molecule has 3 aromatic rings. The summed E-state index contributed by atoms with van der Waals surface area (Å²) in [6.07, 6.45) is 0. The molecule has 138 valence electrons. The Morgan fingerprint density at radius 3 is 2.44 bits per heavy atom. The third-order valence-corrected chi connectivity index (χ3v) is 5.66. The van der Waals surface area contributed by atoms with E-state index in [9.17, 15) is 4.79 Å². The van der Waals surface area contributed by atoms with Gasteiger partial charge in [-0.25, -0.2) is 0 Å². The maximum absolute atomic E-state index is 12.1. The molecule has 0 aliphatic rings. The standard InChI is InChI=1S/C20H17Cl2N3OS/c1-12-3-4-14(9-13(12)2)18-7-8-20(25-24-18)27-11-19(26)23-15-5-6-16(21)17(22)10-15/h3-10H,11H2,1-2H3,(H,23,26). The molecule has 4 nitrogen and oxygen atoms in total. The van der Waals surface area contributed by atoms with Crippen LogP contribution in [0, 0.1) is 13.8 Å². The summed E-state index contributed by atoms with van der Waals surface area (Å²) in [7, 11) is 0. The minimum Gasteiger partial charge on any atom is -0.325 e. The number of hydrogen-bond acceptors (Lipinski definition) is 4. The van der Waals surface area contributed by atoms with Crippen molar-refractivity contribution < 1.29 is 4.79 Å². The minimum atomic E-state index is -0.154. The predicted molar refractivity (Wildman–Crippen MR) is 113 cm³/mol. The average Bonchev–Trinajstić information content (AvgIpc) is 2.66. The van der Waals surface area contributed by atoms with Gasteiger partial charge in [-0.1, -0.05) is 47.1 Å². The highest BCUT2D eigenvalue weighted by Crippen LogP contribution is 2.26. The van der Waals surface area contributed by atoms with Crippen molar-refractivity contribution >= 4 is 46.6 Å². The lowest BCUT2D eigenvalue weighted by Gasteiger charge is -2.07. The molecule has 3 rings (SSSR count). The van der Waals surface area contributed by atoms with Gasteiger partial charge in [-0.3, -0.25) is 4.79 Å². The smallest absolute Gasteiger partial charge is 0.234 e. The van der Waals surface area contributed by atoms with Gasteiger partial charge in [0, 0.05) is 11.3 Å². The number of nitrogens with zero attached hydrogens (tertiary/aromatic N) is 2. The van der Waals surface area contributed by atoms with Crippen LogP contribution in [0.25, 0.3) is 11.3 Å². The highest BCUT2D eigenvalue weighted by Gasteiger charge is 2.08. The molecule has 7 heteroatoms. The third kappa shape index (κ3) is 5.22. The number of aromatic nitrogens is 2. The van der Waals surface area contributed by atoms with Crippen molar-refractivity contribution in [1.82, 2.24) is 10.2 Å². The predicted octanol–water partition coefficient (Wildman–Crippen LogP) is 5.80. The molecule has 0 fully saturated rings. The second kappa shape index (κ2) is 8.74. The Hall–Kier alpha value is -2.08. The maximum atomic E-state index is 12.1. The number of carbonyl (C=O) groups is 1. The molecule has 2 aromatic carbocycles. The van der Waals surface area contributed by atoms with E-state index in [0.717, 1.165) is 11.3 Å². The van der Waals surface area contributed by atoms with E-state index in [4.69, 9.17) is 23.2 Å². The summed E-state index contributed by atoms with van der Waals surface area (Å²) in [6, 6.07) is 14.9. The Kier molecular flexibility index (Phi) is 6.37. The largest absolute Gasteiger partial charge is 0.325 e. The van der Waals surface area contributed by atoms with Crippen LogP contribution in [0.3, 0.4) is 0 Å². The van der Waals surface area contributed by atoms with Crippen molar-refractivity contribution in [2.45, 2.75) is 18.9 Å². The van der Waals surface area contributed by atoms with Crippen LogP contribution in [0.4, 0.5) is 5.69 Å². The second-order valence-electron chi connectivity index (χ2n) is 6.02. The molecule has 1 N–H and O–H groups in total.